The van der Waals surface area contributed by atoms with Gasteiger partial charge in [-0.15, -0.1) is 0 Å². The average Bonchev–Trinajstić information content (AvgIpc) is 2.79. The molecule has 0 amide bonds. The predicted octanol–water partition coefficient (Wildman–Crippen LogP) is 7.03. The highest BCUT2D eigenvalue weighted by Gasteiger charge is 2.42. The minimum atomic E-state index is 0.254. The first-order valence-corrected chi connectivity index (χ1v) is 11.3. The van der Waals surface area contributed by atoms with Crippen LogP contribution in [0, 0.1) is 5.92 Å². The number of rotatable bonds is 8. The molecule has 0 spiro atoms. The topological polar surface area (TPSA) is 7.12 Å². The lowest BCUT2D eigenvalue weighted by atomic mass is 9.78. The quantitative estimate of drug-likeness (QED) is 0.340. The van der Waals surface area contributed by atoms with E-state index in [-0.39, 0.29) is 5.92 Å². The standard InChI is InChI=1S/C28H37N2/c1-7-14-23(9-3)18-19-27-28(22(5)29(6)21(4)8-2)25-16-11-10-15-24(25)26-17-12-13-20-30(26)27/h7-8,10-17,20,23,27-28H,5,9,18-19H2,1-4,6H3/q+1/b14-7-,21-8-. The van der Waals surface area contributed by atoms with Crippen molar-refractivity contribution in [3.8, 4) is 11.3 Å². The Morgan fingerprint density at radius 1 is 1.17 bits per heavy atom. The second-order valence-electron chi connectivity index (χ2n) is 8.38. The van der Waals surface area contributed by atoms with Crippen LogP contribution in [0.4, 0.5) is 0 Å². The molecular formula is C28H37N2+. The van der Waals surface area contributed by atoms with Gasteiger partial charge in [-0.3, -0.25) is 0 Å². The molecular weight excluding hydrogens is 364 g/mol. The second kappa shape index (κ2) is 9.93. The van der Waals surface area contributed by atoms with Crippen LogP contribution in [0.3, 0.4) is 0 Å². The molecule has 2 heterocycles. The molecule has 1 aliphatic rings. The number of benzene rings is 1. The molecule has 3 atom stereocenters. The van der Waals surface area contributed by atoms with Gasteiger partial charge < -0.3 is 4.90 Å². The van der Waals surface area contributed by atoms with Crippen molar-refractivity contribution >= 4 is 0 Å². The number of fused-ring (bicyclic) bond motifs is 3. The summed E-state index contributed by atoms with van der Waals surface area (Å²) in [6, 6.07) is 15.8. The van der Waals surface area contributed by atoms with Crippen LogP contribution in [-0.2, 0) is 0 Å². The molecule has 0 N–H and O–H groups in total. The molecule has 158 valence electrons. The minimum Gasteiger partial charge on any atom is -0.352 e. The van der Waals surface area contributed by atoms with E-state index < -0.39 is 0 Å². The van der Waals surface area contributed by atoms with Crippen molar-refractivity contribution in [2.24, 2.45) is 5.92 Å². The van der Waals surface area contributed by atoms with Gasteiger partial charge in [0, 0.05) is 37.0 Å². The molecule has 2 aromatic rings. The zero-order valence-electron chi connectivity index (χ0n) is 19.3. The van der Waals surface area contributed by atoms with Crippen molar-refractivity contribution in [1.82, 2.24) is 4.90 Å². The molecule has 30 heavy (non-hydrogen) atoms. The van der Waals surface area contributed by atoms with E-state index in [1.54, 1.807) is 0 Å². The summed E-state index contributed by atoms with van der Waals surface area (Å²) in [5, 5.41) is 0. The highest BCUT2D eigenvalue weighted by Crippen LogP contribution is 2.44. The van der Waals surface area contributed by atoms with Crippen molar-refractivity contribution in [2.75, 3.05) is 7.05 Å². The van der Waals surface area contributed by atoms with Gasteiger partial charge in [0.15, 0.2) is 12.2 Å². The number of aromatic nitrogens is 1. The zero-order chi connectivity index (χ0) is 21.7. The van der Waals surface area contributed by atoms with E-state index in [2.05, 4.69) is 118 Å². The summed E-state index contributed by atoms with van der Waals surface area (Å²) in [6.45, 7) is 13.3. The first-order valence-electron chi connectivity index (χ1n) is 11.3. The number of pyridine rings is 1. The molecule has 2 heteroatoms. The number of nitrogens with zero attached hydrogens (tertiary/aromatic N) is 2. The molecule has 1 aromatic carbocycles. The second-order valence-corrected chi connectivity index (χ2v) is 8.38. The van der Waals surface area contributed by atoms with E-state index in [0.29, 0.717) is 12.0 Å². The monoisotopic (exact) mass is 401 g/mol. The van der Waals surface area contributed by atoms with Crippen LogP contribution in [0.25, 0.3) is 11.3 Å². The summed E-state index contributed by atoms with van der Waals surface area (Å²) in [4.78, 5) is 2.27. The van der Waals surface area contributed by atoms with Crippen LogP contribution in [-0.4, -0.2) is 11.9 Å². The van der Waals surface area contributed by atoms with Crippen molar-refractivity contribution in [1.29, 1.82) is 0 Å². The molecule has 1 aromatic heterocycles. The Morgan fingerprint density at radius 2 is 1.90 bits per heavy atom. The Hall–Kier alpha value is -2.61. The van der Waals surface area contributed by atoms with Gasteiger partial charge in [0.25, 0.3) is 0 Å². The molecule has 0 radical (unpaired) electrons. The van der Waals surface area contributed by atoms with Gasteiger partial charge in [0.2, 0.25) is 5.69 Å². The Kier molecular flexibility index (Phi) is 7.31. The molecule has 0 bridgehead atoms. The lowest BCUT2D eigenvalue weighted by Crippen LogP contribution is -2.48. The molecule has 3 rings (SSSR count). The summed E-state index contributed by atoms with van der Waals surface area (Å²) >= 11 is 0. The van der Waals surface area contributed by atoms with E-state index in [4.69, 9.17) is 0 Å². The molecule has 0 saturated carbocycles. The Balaban J connectivity index is 2.09. The van der Waals surface area contributed by atoms with E-state index in [9.17, 15) is 0 Å². The number of hydrogen-bond donors (Lipinski definition) is 0. The molecule has 2 nitrogen and oxygen atoms in total. The normalized spacial score (nSPS) is 19.3. The fraction of sp³-hybridized carbons (Fsp3) is 0.393. The molecule has 0 fully saturated rings. The van der Waals surface area contributed by atoms with Gasteiger partial charge in [0.1, 0.15) is 0 Å². The van der Waals surface area contributed by atoms with Crippen molar-refractivity contribution in [2.45, 2.75) is 58.9 Å². The van der Waals surface area contributed by atoms with E-state index in [1.165, 1.54) is 41.1 Å². The first kappa shape index (κ1) is 22.1. The fourth-order valence-corrected chi connectivity index (χ4v) is 4.77. The highest BCUT2D eigenvalue weighted by atomic mass is 15.1. The summed E-state index contributed by atoms with van der Waals surface area (Å²) in [5.41, 5.74) is 6.44. The smallest absolute Gasteiger partial charge is 0.213 e. The van der Waals surface area contributed by atoms with Gasteiger partial charge in [-0.2, -0.15) is 4.57 Å². The number of allylic oxidation sites excluding steroid dienone is 5. The third-order valence-electron chi connectivity index (χ3n) is 6.76. The lowest BCUT2D eigenvalue weighted by Gasteiger charge is -2.36. The maximum Gasteiger partial charge on any atom is 0.213 e. The highest BCUT2D eigenvalue weighted by molar-refractivity contribution is 5.64. The van der Waals surface area contributed by atoms with Crippen LogP contribution < -0.4 is 4.57 Å². The van der Waals surface area contributed by atoms with Crippen molar-refractivity contribution in [3.63, 3.8) is 0 Å². The third-order valence-corrected chi connectivity index (χ3v) is 6.76. The predicted molar refractivity (Wildman–Crippen MR) is 128 cm³/mol. The van der Waals surface area contributed by atoms with Crippen LogP contribution in [0.2, 0.25) is 0 Å². The van der Waals surface area contributed by atoms with E-state index in [1.807, 2.05) is 0 Å². The first-order chi connectivity index (χ1) is 14.5. The SMILES string of the molecule is C=C(C1c2ccccc2-c2cccc[n+]2C1CCC(/C=C\C)CC)N(C)/C(C)=C\C. The Bertz CT molecular complexity index is 937. The lowest BCUT2D eigenvalue weighted by molar-refractivity contribution is -0.718. The van der Waals surface area contributed by atoms with Gasteiger partial charge in [0.05, 0.1) is 11.5 Å². The van der Waals surface area contributed by atoms with Crippen LogP contribution in [0.1, 0.15) is 64.5 Å². The molecule has 0 aliphatic carbocycles. The third kappa shape index (κ3) is 4.28. The zero-order valence-corrected chi connectivity index (χ0v) is 19.3. The van der Waals surface area contributed by atoms with Gasteiger partial charge in [-0.1, -0.05) is 49.9 Å². The molecule has 3 unspecified atom stereocenters. The number of hydrogen-bond acceptors (Lipinski definition) is 1. The maximum atomic E-state index is 4.61. The van der Waals surface area contributed by atoms with Crippen molar-refractivity contribution in [3.05, 3.63) is 90.4 Å². The summed E-state index contributed by atoms with van der Waals surface area (Å²) in [5.74, 6) is 0.882. The van der Waals surface area contributed by atoms with Crippen LogP contribution in [0.15, 0.2) is 84.9 Å². The summed E-state index contributed by atoms with van der Waals surface area (Å²) in [6.07, 6.45) is 12.5. The van der Waals surface area contributed by atoms with Gasteiger partial charge >= 0.3 is 0 Å². The summed E-state index contributed by atoms with van der Waals surface area (Å²) in [7, 11) is 2.15. The minimum absolute atomic E-state index is 0.254. The average molecular weight is 402 g/mol. The molecule has 1 aliphatic heterocycles. The fourth-order valence-electron chi connectivity index (χ4n) is 4.77. The Labute approximate surface area is 183 Å². The van der Waals surface area contributed by atoms with E-state index in [0.717, 1.165) is 6.42 Å². The van der Waals surface area contributed by atoms with Crippen molar-refractivity contribution < 1.29 is 4.57 Å². The summed E-state index contributed by atoms with van der Waals surface area (Å²) < 4.78 is 2.50. The largest absolute Gasteiger partial charge is 0.352 e. The van der Waals surface area contributed by atoms with Gasteiger partial charge in [-0.05, 0) is 57.2 Å². The van der Waals surface area contributed by atoms with Gasteiger partial charge in [-0.25, -0.2) is 0 Å². The Morgan fingerprint density at radius 3 is 2.60 bits per heavy atom. The molecule has 0 saturated heterocycles. The number of likely N-dealkylation sites (N-methyl/N-ethyl adjacent to an activating group) is 1. The van der Waals surface area contributed by atoms with Crippen LogP contribution in [0.5, 0.6) is 0 Å². The maximum absolute atomic E-state index is 4.61. The van der Waals surface area contributed by atoms with E-state index >= 15 is 0 Å². The van der Waals surface area contributed by atoms with Crippen LogP contribution >= 0.6 is 0 Å².